The number of esters is 1. The van der Waals surface area contributed by atoms with Crippen LogP contribution >= 0.6 is 0 Å². The predicted molar refractivity (Wildman–Crippen MR) is 70.9 cm³/mol. The summed E-state index contributed by atoms with van der Waals surface area (Å²) >= 11 is 0. The third-order valence-corrected chi connectivity index (χ3v) is 6.81. The van der Waals surface area contributed by atoms with Crippen LogP contribution in [0.3, 0.4) is 0 Å². The van der Waals surface area contributed by atoms with Crippen LogP contribution in [0.25, 0.3) is 0 Å². The Balaban J connectivity index is 1.58. The topological polar surface area (TPSA) is 26.3 Å². The average Bonchev–Trinajstić information content (AvgIpc) is 3.03. The molecule has 4 bridgehead atoms. The number of rotatable bonds is 2. The third-order valence-electron chi connectivity index (χ3n) is 6.81. The monoisotopic (exact) mass is 258 g/mol. The van der Waals surface area contributed by atoms with Gasteiger partial charge in [-0.05, 0) is 73.2 Å². The molecule has 7 unspecified atom stereocenters. The van der Waals surface area contributed by atoms with Crippen LogP contribution in [-0.2, 0) is 9.53 Å². The average molecular weight is 258 g/mol. The van der Waals surface area contributed by atoms with E-state index in [1.165, 1.54) is 19.3 Å². The Morgan fingerprint density at radius 3 is 2.74 bits per heavy atom. The fourth-order valence-corrected chi connectivity index (χ4v) is 6.50. The van der Waals surface area contributed by atoms with E-state index in [4.69, 9.17) is 11.3 Å². The minimum absolute atomic E-state index is 0.107. The van der Waals surface area contributed by atoms with E-state index in [0.717, 1.165) is 42.1 Å². The van der Waals surface area contributed by atoms with Crippen LogP contribution < -0.4 is 0 Å². The number of carbonyl (C=O) groups is 1. The van der Waals surface area contributed by atoms with Crippen molar-refractivity contribution in [2.45, 2.75) is 45.6 Å². The molecule has 0 heterocycles. The summed E-state index contributed by atoms with van der Waals surface area (Å²) in [7, 11) is 0. The Hall–Kier alpha value is -0.790. The van der Waals surface area contributed by atoms with Crippen LogP contribution in [0, 0.1) is 47.5 Å². The van der Waals surface area contributed by atoms with Crippen molar-refractivity contribution in [3.8, 4) is 0 Å². The molecule has 2 nitrogen and oxygen atoms in total. The summed E-state index contributed by atoms with van der Waals surface area (Å²) in [6.45, 7) is 11.9. The summed E-state index contributed by atoms with van der Waals surface area (Å²) in [5.74, 6) is 4.46. The van der Waals surface area contributed by atoms with Gasteiger partial charge in [0.2, 0.25) is 0 Å². The van der Waals surface area contributed by atoms with E-state index in [2.05, 4.69) is 13.8 Å². The SMILES string of the molecule is [C]=CC(=O)OC1CC2CC1C1C2C2CC1C(C)(C)C2. The second kappa shape index (κ2) is 3.65. The van der Waals surface area contributed by atoms with E-state index < -0.39 is 5.97 Å². The zero-order chi connectivity index (χ0) is 13.4. The maximum Gasteiger partial charge on any atom is 0.331 e. The minimum atomic E-state index is -0.448. The normalized spacial score (nSPS) is 52.2. The molecule has 0 N–H and O–H groups in total. The lowest BCUT2D eigenvalue weighted by Crippen LogP contribution is -2.42. The quantitative estimate of drug-likeness (QED) is 0.432. The van der Waals surface area contributed by atoms with Crippen molar-refractivity contribution in [2.24, 2.45) is 40.9 Å². The Kier molecular flexibility index (Phi) is 2.30. The lowest BCUT2D eigenvalue weighted by Gasteiger charge is -2.44. The lowest BCUT2D eigenvalue weighted by atomic mass is 9.62. The van der Waals surface area contributed by atoms with Crippen molar-refractivity contribution in [3.05, 3.63) is 12.7 Å². The number of ether oxygens (including phenoxy) is 1. The van der Waals surface area contributed by atoms with Crippen LogP contribution in [0.4, 0.5) is 0 Å². The maximum atomic E-state index is 11.4. The first-order valence-corrected chi connectivity index (χ1v) is 7.72. The van der Waals surface area contributed by atoms with E-state index in [1.54, 1.807) is 0 Å². The maximum absolute atomic E-state index is 11.4. The Labute approximate surface area is 115 Å². The van der Waals surface area contributed by atoms with Gasteiger partial charge in [-0.15, -0.1) is 0 Å². The molecule has 0 amide bonds. The van der Waals surface area contributed by atoms with Gasteiger partial charge in [-0.3, -0.25) is 0 Å². The summed E-state index contributed by atoms with van der Waals surface area (Å²) in [5, 5.41) is 0. The van der Waals surface area contributed by atoms with Crippen molar-refractivity contribution < 1.29 is 9.53 Å². The van der Waals surface area contributed by atoms with Gasteiger partial charge in [0, 0.05) is 6.08 Å². The molecule has 4 aliphatic rings. The van der Waals surface area contributed by atoms with Crippen molar-refractivity contribution in [3.63, 3.8) is 0 Å². The van der Waals surface area contributed by atoms with Crippen LogP contribution in [0.15, 0.2) is 6.08 Å². The molecule has 7 atom stereocenters. The molecule has 4 aliphatic carbocycles. The number of fused-ring (bicyclic) bond motifs is 9. The highest BCUT2D eigenvalue weighted by Crippen LogP contribution is 2.71. The molecule has 2 heteroatoms. The smallest absolute Gasteiger partial charge is 0.331 e. The summed E-state index contributed by atoms with van der Waals surface area (Å²) in [4.78, 5) is 11.4. The second-order valence-electron chi connectivity index (χ2n) is 7.96. The van der Waals surface area contributed by atoms with E-state index in [-0.39, 0.29) is 6.10 Å². The summed E-state index contributed by atoms with van der Waals surface area (Å²) in [6, 6.07) is 0. The molecule has 0 aliphatic heterocycles. The summed E-state index contributed by atoms with van der Waals surface area (Å²) < 4.78 is 5.50. The molecule has 0 spiro atoms. The van der Waals surface area contributed by atoms with Crippen LogP contribution in [0.1, 0.15) is 39.5 Å². The molecule has 0 aromatic heterocycles. The van der Waals surface area contributed by atoms with Gasteiger partial charge in [0.1, 0.15) is 6.10 Å². The molecule has 4 saturated carbocycles. The fraction of sp³-hybridized carbons (Fsp3) is 0.824. The van der Waals surface area contributed by atoms with Gasteiger partial charge < -0.3 is 4.74 Å². The number of carbonyl (C=O) groups excluding carboxylic acids is 1. The molecule has 102 valence electrons. The van der Waals surface area contributed by atoms with Gasteiger partial charge in [-0.25, -0.2) is 4.79 Å². The third kappa shape index (κ3) is 1.46. The largest absolute Gasteiger partial charge is 0.459 e. The predicted octanol–water partition coefficient (Wildman–Crippen LogP) is 3.10. The van der Waals surface area contributed by atoms with Gasteiger partial charge >= 0.3 is 5.97 Å². The van der Waals surface area contributed by atoms with Crippen LogP contribution in [-0.4, -0.2) is 12.1 Å². The first-order valence-electron chi connectivity index (χ1n) is 7.72. The van der Waals surface area contributed by atoms with Gasteiger partial charge in [0.15, 0.2) is 0 Å². The van der Waals surface area contributed by atoms with Gasteiger partial charge in [-0.1, -0.05) is 13.8 Å². The molecule has 19 heavy (non-hydrogen) atoms. The zero-order valence-electron chi connectivity index (χ0n) is 11.8. The van der Waals surface area contributed by atoms with Crippen molar-refractivity contribution >= 4 is 5.97 Å². The van der Waals surface area contributed by atoms with Crippen molar-refractivity contribution in [1.82, 2.24) is 0 Å². The zero-order valence-corrected chi connectivity index (χ0v) is 11.8. The molecular weight excluding hydrogens is 236 g/mol. The first-order chi connectivity index (χ1) is 9.01. The summed E-state index contributed by atoms with van der Waals surface area (Å²) in [5.41, 5.74) is 0.492. The van der Waals surface area contributed by atoms with Gasteiger partial charge in [0.05, 0.1) is 0 Å². The molecule has 2 radical (unpaired) electrons. The fourth-order valence-electron chi connectivity index (χ4n) is 6.50. The Bertz CT molecular complexity index is 439. The van der Waals surface area contributed by atoms with E-state index in [9.17, 15) is 4.79 Å². The molecule has 0 aromatic rings. The van der Waals surface area contributed by atoms with Crippen LogP contribution in [0.2, 0.25) is 0 Å². The number of hydrogen-bond acceptors (Lipinski definition) is 2. The standard InChI is InChI=1S/C17H22O2/c1-4-14(18)19-13-7-9-5-11(13)16-12-6-10(15(9)16)8-17(12,2)3/h4,9-13,15-16H,5-8H2,2-3H3. The first kappa shape index (κ1) is 12.0. The molecule has 4 rings (SSSR count). The Morgan fingerprint density at radius 1 is 1.21 bits per heavy atom. The van der Waals surface area contributed by atoms with Crippen LogP contribution in [0.5, 0.6) is 0 Å². The summed E-state index contributed by atoms with van der Waals surface area (Å²) in [6.07, 6.45) is 6.08. The highest BCUT2D eigenvalue weighted by atomic mass is 16.5. The minimum Gasteiger partial charge on any atom is -0.459 e. The van der Waals surface area contributed by atoms with Gasteiger partial charge in [-0.2, -0.15) is 0 Å². The second-order valence-corrected chi connectivity index (χ2v) is 7.96. The molecular formula is C17H22O2. The molecule has 0 saturated heterocycles. The van der Waals surface area contributed by atoms with E-state index in [1.807, 2.05) is 0 Å². The van der Waals surface area contributed by atoms with Gasteiger partial charge in [0.25, 0.3) is 0 Å². The highest BCUT2D eigenvalue weighted by Gasteiger charge is 2.67. The lowest BCUT2D eigenvalue weighted by molar-refractivity contribution is -0.148. The number of hydrogen-bond donors (Lipinski definition) is 0. The van der Waals surface area contributed by atoms with E-state index in [0.29, 0.717) is 11.3 Å². The molecule has 4 fully saturated rings. The van der Waals surface area contributed by atoms with Crippen molar-refractivity contribution in [1.29, 1.82) is 0 Å². The molecule has 0 aromatic carbocycles. The Morgan fingerprint density at radius 2 is 2.00 bits per heavy atom. The van der Waals surface area contributed by atoms with E-state index >= 15 is 0 Å². The van der Waals surface area contributed by atoms with Crippen molar-refractivity contribution in [2.75, 3.05) is 0 Å². The highest BCUT2D eigenvalue weighted by molar-refractivity contribution is 5.81.